The number of nitrogens with zero attached hydrogens (tertiary/aromatic N) is 1. The molecule has 0 unspecified atom stereocenters. The Morgan fingerprint density at radius 3 is 2.00 bits per heavy atom. The molecule has 5 aliphatic rings. The standard InChI is InChI=1S/C48H37N/c1-3-14-37-31(9-1)11-8-17-38(37)33-12-7-13-36(28-33)49-44-22-21-41-40-16-5-6-18-43(40)48(34-24-29-23-30(26-34)27-35(48)25-29)46(41)45(44)42-20-19-32-10-2-4-15-39(32)47(42)49/h1-22,28-30,34-35H,23-27H2. The zero-order chi connectivity index (χ0) is 31.8. The average Bonchev–Trinajstić information content (AvgIpc) is 3.65. The van der Waals surface area contributed by atoms with Crippen LogP contribution in [0.4, 0.5) is 0 Å². The van der Waals surface area contributed by atoms with Crippen molar-refractivity contribution in [3.05, 3.63) is 151 Å². The summed E-state index contributed by atoms with van der Waals surface area (Å²) in [6.45, 7) is 0. The Morgan fingerprint density at radius 1 is 0.490 bits per heavy atom. The molecule has 8 aromatic rings. The van der Waals surface area contributed by atoms with Crippen LogP contribution in [0.25, 0.3) is 71.3 Å². The SMILES string of the molecule is c1cc(-c2cccc3ccccc23)cc(-n2c3ccc4c(c3c3ccc5ccccc5c32)C2(c3ccccc3-4)C3CC4CC(C3)CC2C4)c1. The van der Waals surface area contributed by atoms with Crippen LogP contribution < -0.4 is 0 Å². The van der Waals surface area contributed by atoms with Gasteiger partial charge in [0.15, 0.2) is 0 Å². The minimum absolute atomic E-state index is 0.106. The van der Waals surface area contributed by atoms with Crippen molar-refractivity contribution in [1.82, 2.24) is 4.57 Å². The Morgan fingerprint density at radius 2 is 1.16 bits per heavy atom. The van der Waals surface area contributed by atoms with E-state index < -0.39 is 0 Å². The largest absolute Gasteiger partial charge is 0.309 e. The van der Waals surface area contributed by atoms with Gasteiger partial charge in [-0.05, 0) is 124 Å². The predicted molar refractivity (Wildman–Crippen MR) is 204 cm³/mol. The lowest BCUT2D eigenvalue weighted by Crippen LogP contribution is -2.55. The van der Waals surface area contributed by atoms with E-state index in [1.807, 2.05) is 0 Å². The first-order valence-electron chi connectivity index (χ1n) is 18.4. The summed E-state index contributed by atoms with van der Waals surface area (Å²) >= 11 is 0. The Bertz CT molecular complexity index is 2650. The average molecular weight is 628 g/mol. The van der Waals surface area contributed by atoms with Gasteiger partial charge in [-0.2, -0.15) is 0 Å². The van der Waals surface area contributed by atoms with Gasteiger partial charge in [-0.3, -0.25) is 0 Å². The topological polar surface area (TPSA) is 4.93 Å². The second-order valence-electron chi connectivity index (χ2n) is 15.7. The minimum atomic E-state index is 0.106. The zero-order valence-corrected chi connectivity index (χ0v) is 27.6. The predicted octanol–water partition coefficient (Wildman–Crippen LogP) is 12.5. The van der Waals surface area contributed by atoms with E-state index in [4.69, 9.17) is 0 Å². The summed E-state index contributed by atoms with van der Waals surface area (Å²) in [6.07, 6.45) is 7.05. The van der Waals surface area contributed by atoms with Crippen molar-refractivity contribution in [3.8, 4) is 27.9 Å². The molecule has 13 rings (SSSR count). The maximum Gasteiger partial charge on any atom is 0.0619 e. The van der Waals surface area contributed by atoms with Gasteiger partial charge in [-0.1, -0.05) is 121 Å². The molecule has 49 heavy (non-hydrogen) atoms. The van der Waals surface area contributed by atoms with Crippen molar-refractivity contribution in [2.75, 3.05) is 0 Å². The van der Waals surface area contributed by atoms with Crippen LogP contribution >= 0.6 is 0 Å². The van der Waals surface area contributed by atoms with Crippen LogP contribution in [0.1, 0.15) is 43.2 Å². The molecule has 0 N–H and O–H groups in total. The second kappa shape index (κ2) is 9.51. The van der Waals surface area contributed by atoms with E-state index in [-0.39, 0.29) is 5.41 Å². The molecular formula is C48H37N. The maximum absolute atomic E-state index is 2.62. The molecule has 234 valence electrons. The number of hydrogen-bond acceptors (Lipinski definition) is 0. The van der Waals surface area contributed by atoms with E-state index in [9.17, 15) is 0 Å². The van der Waals surface area contributed by atoms with Crippen LogP contribution in [-0.2, 0) is 5.41 Å². The highest BCUT2D eigenvalue weighted by atomic mass is 15.0. The fraction of sp³-hybridized carbons (Fsp3) is 0.208. The van der Waals surface area contributed by atoms with Crippen LogP contribution in [0.15, 0.2) is 140 Å². The van der Waals surface area contributed by atoms with Gasteiger partial charge in [0.25, 0.3) is 0 Å². The number of hydrogen-bond donors (Lipinski definition) is 0. The number of rotatable bonds is 2. The third-order valence-electron chi connectivity index (χ3n) is 13.5. The third kappa shape index (κ3) is 3.36. The molecule has 0 aliphatic heterocycles. The van der Waals surface area contributed by atoms with Crippen molar-refractivity contribution < 1.29 is 0 Å². The lowest BCUT2D eigenvalue weighted by atomic mass is 9.43. The highest BCUT2D eigenvalue weighted by Crippen LogP contribution is 2.70. The Balaban J connectivity index is 1.21. The monoisotopic (exact) mass is 627 g/mol. The van der Waals surface area contributed by atoms with E-state index in [1.54, 1.807) is 11.1 Å². The lowest BCUT2D eigenvalue weighted by molar-refractivity contribution is -0.0393. The molecule has 0 saturated heterocycles. The maximum atomic E-state index is 2.62. The molecule has 4 fully saturated rings. The molecular weight excluding hydrogens is 591 g/mol. The molecule has 0 atom stereocenters. The van der Waals surface area contributed by atoms with Crippen LogP contribution in [0.3, 0.4) is 0 Å². The van der Waals surface area contributed by atoms with Gasteiger partial charge in [-0.15, -0.1) is 0 Å². The van der Waals surface area contributed by atoms with Gasteiger partial charge in [0.2, 0.25) is 0 Å². The molecule has 7 aromatic carbocycles. The van der Waals surface area contributed by atoms with E-state index in [1.165, 1.54) is 103 Å². The van der Waals surface area contributed by atoms with Crippen molar-refractivity contribution in [2.45, 2.75) is 37.5 Å². The van der Waals surface area contributed by atoms with Crippen LogP contribution in [0, 0.1) is 23.7 Å². The molecule has 0 radical (unpaired) electrons. The molecule has 1 nitrogen and oxygen atoms in total. The van der Waals surface area contributed by atoms with Gasteiger partial charge in [0, 0.05) is 27.3 Å². The van der Waals surface area contributed by atoms with Gasteiger partial charge in [0.1, 0.15) is 0 Å². The summed E-state index contributed by atoms with van der Waals surface area (Å²) in [5.74, 6) is 3.30. The number of benzene rings is 7. The van der Waals surface area contributed by atoms with E-state index >= 15 is 0 Å². The summed E-state index contributed by atoms with van der Waals surface area (Å²) in [5.41, 5.74) is 12.8. The quantitative estimate of drug-likeness (QED) is 0.180. The molecule has 4 saturated carbocycles. The third-order valence-corrected chi connectivity index (χ3v) is 13.5. The Labute approximate surface area is 286 Å². The fourth-order valence-electron chi connectivity index (χ4n) is 12.1. The molecule has 1 heteroatoms. The normalized spacial score (nSPS) is 24.8. The second-order valence-corrected chi connectivity index (χ2v) is 15.7. The summed E-state index contributed by atoms with van der Waals surface area (Å²) in [4.78, 5) is 0. The first-order valence-corrected chi connectivity index (χ1v) is 18.4. The molecule has 4 bridgehead atoms. The zero-order valence-electron chi connectivity index (χ0n) is 27.6. The molecule has 1 aromatic heterocycles. The highest BCUT2D eigenvalue weighted by Gasteiger charge is 2.62. The lowest BCUT2D eigenvalue weighted by Gasteiger charge is -2.61. The highest BCUT2D eigenvalue weighted by molar-refractivity contribution is 6.21. The summed E-state index contributed by atoms with van der Waals surface area (Å²) in [7, 11) is 0. The summed E-state index contributed by atoms with van der Waals surface area (Å²) < 4.78 is 2.62. The smallest absolute Gasteiger partial charge is 0.0619 e. The van der Waals surface area contributed by atoms with Gasteiger partial charge in [-0.25, -0.2) is 0 Å². The van der Waals surface area contributed by atoms with Crippen LogP contribution in [-0.4, -0.2) is 4.57 Å². The van der Waals surface area contributed by atoms with Crippen molar-refractivity contribution >= 4 is 43.4 Å². The van der Waals surface area contributed by atoms with Gasteiger partial charge >= 0.3 is 0 Å². The molecule has 0 amide bonds. The Kier molecular flexibility index (Phi) is 5.20. The molecule has 1 heterocycles. The van der Waals surface area contributed by atoms with Gasteiger partial charge < -0.3 is 4.57 Å². The van der Waals surface area contributed by atoms with E-state index in [0.717, 1.165) is 23.7 Å². The first kappa shape index (κ1) is 26.8. The van der Waals surface area contributed by atoms with Crippen LogP contribution in [0.2, 0.25) is 0 Å². The van der Waals surface area contributed by atoms with Crippen molar-refractivity contribution in [3.63, 3.8) is 0 Å². The van der Waals surface area contributed by atoms with E-state index in [0.29, 0.717) is 0 Å². The van der Waals surface area contributed by atoms with E-state index in [2.05, 4.69) is 144 Å². The summed E-state index contributed by atoms with van der Waals surface area (Å²) in [5, 5.41) is 8.11. The number of aromatic nitrogens is 1. The van der Waals surface area contributed by atoms with Crippen molar-refractivity contribution in [1.29, 1.82) is 0 Å². The molecule has 1 spiro atoms. The fourth-order valence-corrected chi connectivity index (χ4v) is 12.1. The van der Waals surface area contributed by atoms with Crippen molar-refractivity contribution in [2.24, 2.45) is 23.7 Å². The Hall–Kier alpha value is -5.14. The molecule has 5 aliphatic carbocycles. The van der Waals surface area contributed by atoms with Gasteiger partial charge in [0.05, 0.1) is 11.0 Å². The summed E-state index contributed by atoms with van der Waals surface area (Å²) in [6, 6.07) is 53.2. The number of fused-ring (bicyclic) bond motifs is 10. The van der Waals surface area contributed by atoms with Crippen LogP contribution in [0.5, 0.6) is 0 Å². The first-order chi connectivity index (χ1) is 24.3. The minimum Gasteiger partial charge on any atom is -0.309 e.